The highest BCUT2D eigenvalue weighted by molar-refractivity contribution is 5.80. The Kier molecular flexibility index (Phi) is 4.82. The van der Waals surface area contributed by atoms with Gasteiger partial charge in [-0.3, -0.25) is 9.99 Å². The van der Waals surface area contributed by atoms with E-state index >= 15 is 4.39 Å². The molecule has 1 aliphatic rings. The Hall–Kier alpha value is -3.46. The highest BCUT2D eigenvalue weighted by Crippen LogP contribution is 2.33. The van der Waals surface area contributed by atoms with E-state index in [-0.39, 0.29) is 29.0 Å². The van der Waals surface area contributed by atoms with Gasteiger partial charge in [-0.1, -0.05) is 6.92 Å². The first-order valence-electron chi connectivity index (χ1n) is 10.0. The van der Waals surface area contributed by atoms with E-state index in [0.717, 1.165) is 5.69 Å². The fraction of sp³-hybridized carbons (Fsp3) is 0.273. The van der Waals surface area contributed by atoms with Crippen molar-refractivity contribution in [2.45, 2.75) is 18.8 Å². The molecule has 4 aromatic rings. The molecule has 0 radical (unpaired) electrons. The Morgan fingerprint density at radius 3 is 2.94 bits per heavy atom. The van der Waals surface area contributed by atoms with Crippen LogP contribution in [0.3, 0.4) is 0 Å². The summed E-state index contributed by atoms with van der Waals surface area (Å²) in [4.78, 5) is 8.41. The van der Waals surface area contributed by atoms with Gasteiger partial charge in [0.15, 0.2) is 5.65 Å². The van der Waals surface area contributed by atoms with Gasteiger partial charge in [0.2, 0.25) is 0 Å². The van der Waals surface area contributed by atoms with E-state index in [4.69, 9.17) is 10.2 Å². The Balaban J connectivity index is 1.55. The van der Waals surface area contributed by atoms with Crippen molar-refractivity contribution in [3.8, 4) is 0 Å². The van der Waals surface area contributed by atoms with Gasteiger partial charge < -0.3 is 5.11 Å². The van der Waals surface area contributed by atoms with E-state index in [1.807, 2.05) is 12.1 Å². The molecule has 0 aliphatic carbocycles. The number of aromatic nitrogens is 4. The van der Waals surface area contributed by atoms with E-state index in [1.54, 1.807) is 41.0 Å². The van der Waals surface area contributed by atoms with Crippen LogP contribution in [0.4, 0.5) is 8.78 Å². The number of halogens is 2. The van der Waals surface area contributed by atoms with Crippen molar-refractivity contribution < 1.29 is 13.9 Å². The number of aliphatic hydroxyl groups excluding tert-OH is 1. The van der Waals surface area contributed by atoms with Crippen molar-refractivity contribution >= 4 is 22.8 Å². The fourth-order valence-corrected chi connectivity index (χ4v) is 4.04. The molecule has 9 heteroatoms. The SMILES string of the molecule is C[C@H](c1c(F)cc2ncccc2c1F)c1cnc2ccc(C3C=NN(CCO)C3)nn12. The Morgan fingerprint density at radius 1 is 1.23 bits per heavy atom. The average Bonchev–Trinajstić information content (AvgIpc) is 3.40. The molecule has 3 aromatic heterocycles. The summed E-state index contributed by atoms with van der Waals surface area (Å²) in [7, 11) is 0. The normalized spacial score (nSPS) is 17.2. The van der Waals surface area contributed by atoms with Crippen molar-refractivity contribution in [3.63, 3.8) is 0 Å². The van der Waals surface area contributed by atoms with E-state index in [2.05, 4.69) is 15.1 Å². The highest BCUT2D eigenvalue weighted by Gasteiger charge is 2.25. The number of imidazole rings is 1. The molecule has 1 N–H and O–H groups in total. The monoisotopic (exact) mass is 422 g/mol. The first kappa shape index (κ1) is 19.5. The fourth-order valence-electron chi connectivity index (χ4n) is 4.04. The third-order valence-electron chi connectivity index (χ3n) is 5.67. The lowest BCUT2D eigenvalue weighted by Crippen LogP contribution is -2.21. The van der Waals surface area contributed by atoms with Gasteiger partial charge in [0.05, 0.1) is 42.2 Å². The van der Waals surface area contributed by atoms with Crippen LogP contribution in [0.15, 0.2) is 47.8 Å². The molecule has 4 heterocycles. The number of rotatable bonds is 5. The van der Waals surface area contributed by atoms with Crippen LogP contribution in [0.2, 0.25) is 0 Å². The maximum Gasteiger partial charge on any atom is 0.153 e. The average molecular weight is 422 g/mol. The second kappa shape index (κ2) is 7.66. The van der Waals surface area contributed by atoms with Crippen LogP contribution < -0.4 is 0 Å². The number of pyridine rings is 1. The van der Waals surface area contributed by atoms with Crippen LogP contribution >= 0.6 is 0 Å². The van der Waals surface area contributed by atoms with Gasteiger partial charge >= 0.3 is 0 Å². The molecule has 5 rings (SSSR count). The summed E-state index contributed by atoms with van der Waals surface area (Å²) >= 11 is 0. The van der Waals surface area contributed by atoms with Crippen LogP contribution in [0.1, 0.15) is 35.7 Å². The molecule has 0 spiro atoms. The van der Waals surface area contributed by atoms with Gasteiger partial charge in [-0.25, -0.2) is 18.3 Å². The molecule has 7 nitrogen and oxygen atoms in total. The third kappa shape index (κ3) is 3.31. The van der Waals surface area contributed by atoms with E-state index in [1.165, 1.54) is 12.3 Å². The number of β-amino-alcohol motifs (C(OH)–C–C–N with tert-alkyl or cyclic N) is 1. The molecule has 1 aliphatic heterocycles. The minimum absolute atomic E-state index is 0.0259. The zero-order valence-corrected chi connectivity index (χ0v) is 16.8. The van der Waals surface area contributed by atoms with Crippen molar-refractivity contribution in [2.24, 2.45) is 5.10 Å². The summed E-state index contributed by atoms with van der Waals surface area (Å²) in [5.41, 5.74) is 2.19. The molecule has 1 aromatic carbocycles. The van der Waals surface area contributed by atoms with Gasteiger partial charge in [-0.15, -0.1) is 0 Å². The first-order valence-corrected chi connectivity index (χ1v) is 10.0. The van der Waals surface area contributed by atoms with E-state index in [0.29, 0.717) is 24.4 Å². The van der Waals surface area contributed by atoms with Crippen molar-refractivity contribution in [1.29, 1.82) is 0 Å². The maximum atomic E-state index is 15.2. The molecule has 2 atom stereocenters. The van der Waals surface area contributed by atoms with Crippen LogP contribution in [0.5, 0.6) is 0 Å². The summed E-state index contributed by atoms with van der Waals surface area (Å²) in [5, 5.41) is 20.1. The standard InChI is InChI=1S/C22H20F2N6O/c1-13(21-16(23)9-18-15(22(21)24)3-2-6-25-18)19-11-26-20-5-4-17(28-30(19)20)14-10-27-29(12-14)7-8-31/h2-6,9-11,13-14,31H,7-8,12H2,1H3/t13-,14?/m0/s1. The van der Waals surface area contributed by atoms with Gasteiger partial charge in [0.1, 0.15) is 11.6 Å². The molecule has 0 amide bonds. The van der Waals surface area contributed by atoms with Gasteiger partial charge in [-0.05, 0) is 24.3 Å². The molecule has 1 unspecified atom stereocenters. The van der Waals surface area contributed by atoms with Gasteiger partial charge in [0.25, 0.3) is 0 Å². The van der Waals surface area contributed by atoms with Gasteiger partial charge in [0, 0.05) is 41.9 Å². The number of hydrogen-bond acceptors (Lipinski definition) is 6. The zero-order chi connectivity index (χ0) is 21.5. The molecule has 0 bridgehead atoms. The van der Waals surface area contributed by atoms with Crippen LogP contribution in [0, 0.1) is 11.6 Å². The quantitative estimate of drug-likeness (QED) is 0.535. The molecule has 0 fully saturated rings. The predicted octanol–water partition coefficient (Wildman–Crippen LogP) is 3.08. The highest BCUT2D eigenvalue weighted by atomic mass is 19.1. The zero-order valence-electron chi connectivity index (χ0n) is 16.8. The summed E-state index contributed by atoms with van der Waals surface area (Å²) in [6, 6.07) is 8.19. The summed E-state index contributed by atoms with van der Waals surface area (Å²) < 4.78 is 31.8. The van der Waals surface area contributed by atoms with Crippen LogP contribution in [-0.2, 0) is 0 Å². The molecular formula is C22H20F2N6O. The Morgan fingerprint density at radius 2 is 2.10 bits per heavy atom. The molecule has 0 saturated carbocycles. The molecular weight excluding hydrogens is 402 g/mol. The van der Waals surface area contributed by atoms with Gasteiger partial charge in [-0.2, -0.15) is 10.2 Å². The van der Waals surface area contributed by atoms with Crippen LogP contribution in [-0.4, -0.2) is 55.6 Å². The van der Waals surface area contributed by atoms with Crippen molar-refractivity contribution in [1.82, 2.24) is 24.6 Å². The lowest BCUT2D eigenvalue weighted by molar-refractivity contribution is 0.210. The maximum absolute atomic E-state index is 15.2. The first-order chi connectivity index (χ1) is 15.1. The largest absolute Gasteiger partial charge is 0.394 e. The molecule has 31 heavy (non-hydrogen) atoms. The van der Waals surface area contributed by atoms with Crippen LogP contribution in [0.25, 0.3) is 16.6 Å². The molecule has 0 saturated heterocycles. The minimum Gasteiger partial charge on any atom is -0.394 e. The smallest absolute Gasteiger partial charge is 0.153 e. The van der Waals surface area contributed by atoms with E-state index in [9.17, 15) is 4.39 Å². The molecule has 158 valence electrons. The number of fused-ring (bicyclic) bond motifs is 2. The van der Waals surface area contributed by atoms with E-state index < -0.39 is 17.6 Å². The second-order valence-corrected chi connectivity index (χ2v) is 7.60. The number of nitrogens with zero attached hydrogens (tertiary/aromatic N) is 6. The van der Waals surface area contributed by atoms with Crippen molar-refractivity contribution in [2.75, 3.05) is 19.7 Å². The summed E-state index contributed by atoms with van der Waals surface area (Å²) in [5.74, 6) is -1.93. The third-order valence-corrected chi connectivity index (χ3v) is 5.67. The Bertz CT molecular complexity index is 1300. The topological polar surface area (TPSA) is 78.9 Å². The lowest BCUT2D eigenvalue weighted by Gasteiger charge is -2.16. The number of hydrazone groups is 1. The number of benzene rings is 1. The summed E-state index contributed by atoms with van der Waals surface area (Å²) in [6.45, 7) is 2.83. The Labute approximate surface area is 176 Å². The summed E-state index contributed by atoms with van der Waals surface area (Å²) in [6.07, 6.45) is 4.90. The number of hydrogen-bond donors (Lipinski definition) is 1. The second-order valence-electron chi connectivity index (χ2n) is 7.60. The lowest BCUT2D eigenvalue weighted by atomic mass is 9.95. The van der Waals surface area contributed by atoms with Crippen molar-refractivity contribution in [3.05, 3.63) is 71.3 Å². The minimum atomic E-state index is -0.648. The predicted molar refractivity (Wildman–Crippen MR) is 112 cm³/mol. The number of aliphatic hydroxyl groups is 1.